The van der Waals surface area contributed by atoms with Crippen LogP contribution in [0.4, 0.5) is 5.69 Å². The number of aliphatic imine (C=N–C) groups is 1. The number of carbonyl (C=O) groups excluding carboxylic acids is 3. The fourth-order valence-corrected chi connectivity index (χ4v) is 6.77. The second-order valence-electron chi connectivity index (χ2n) is 12.7. The van der Waals surface area contributed by atoms with Gasteiger partial charge in [-0.05, 0) is 80.7 Å². The maximum atomic E-state index is 12.6. The van der Waals surface area contributed by atoms with E-state index >= 15 is 0 Å². The zero-order valence-electron chi connectivity index (χ0n) is 27.6. The summed E-state index contributed by atoms with van der Waals surface area (Å²) in [4.78, 5) is 43.3. The summed E-state index contributed by atoms with van der Waals surface area (Å²) in [6.07, 6.45) is 12.0. The topological polar surface area (TPSA) is 136 Å². The van der Waals surface area contributed by atoms with E-state index in [1.807, 2.05) is 18.2 Å². The van der Waals surface area contributed by atoms with Crippen molar-refractivity contribution < 1.29 is 28.6 Å². The zero-order chi connectivity index (χ0) is 33.0. The molecule has 5 rings (SSSR count). The molecule has 0 spiro atoms. The number of carbonyl (C=O) groups is 3. The van der Waals surface area contributed by atoms with Crippen LogP contribution in [0.3, 0.4) is 0 Å². The van der Waals surface area contributed by atoms with E-state index in [4.69, 9.17) is 19.9 Å². The van der Waals surface area contributed by atoms with Crippen molar-refractivity contribution in [2.75, 3.05) is 26.3 Å². The summed E-state index contributed by atoms with van der Waals surface area (Å²) in [6.45, 7) is 4.01. The summed E-state index contributed by atoms with van der Waals surface area (Å²) in [5.74, 6) is 0.995. The number of benzene rings is 2. The molecule has 2 aromatic carbocycles. The predicted molar refractivity (Wildman–Crippen MR) is 179 cm³/mol. The molecule has 11 heteroatoms. The number of nitrogens with two attached hydrogens (primary N) is 1. The third-order valence-corrected chi connectivity index (χ3v) is 9.21. The zero-order valence-corrected chi connectivity index (χ0v) is 27.6. The Balaban J connectivity index is 0.972. The molecule has 3 N–H and O–H groups in total. The van der Waals surface area contributed by atoms with Crippen molar-refractivity contribution >= 4 is 29.5 Å². The van der Waals surface area contributed by atoms with E-state index in [2.05, 4.69) is 15.4 Å². The number of amides is 1. The van der Waals surface area contributed by atoms with Crippen LogP contribution in [0.5, 0.6) is 5.75 Å². The monoisotopic (exact) mass is 647 g/mol. The molecule has 2 aromatic rings. The van der Waals surface area contributed by atoms with E-state index in [1.165, 1.54) is 38.5 Å². The van der Waals surface area contributed by atoms with Gasteiger partial charge in [0.25, 0.3) is 0 Å². The van der Waals surface area contributed by atoms with Crippen LogP contribution in [-0.2, 0) is 32.2 Å². The lowest BCUT2D eigenvalue weighted by molar-refractivity contribution is -0.145. The first-order chi connectivity index (χ1) is 22.9. The van der Waals surface area contributed by atoms with Crippen LogP contribution in [-0.4, -0.2) is 66.1 Å². The third-order valence-electron chi connectivity index (χ3n) is 9.21. The lowest BCUT2D eigenvalue weighted by Gasteiger charge is -2.43. The van der Waals surface area contributed by atoms with Crippen LogP contribution >= 0.6 is 0 Å². The van der Waals surface area contributed by atoms with Gasteiger partial charge in [0.2, 0.25) is 5.91 Å². The molecular formula is C36H49N5O6. The Morgan fingerprint density at radius 1 is 0.979 bits per heavy atom. The van der Waals surface area contributed by atoms with Gasteiger partial charge in [-0.15, -0.1) is 0 Å². The van der Waals surface area contributed by atoms with Crippen LogP contribution in [0.15, 0.2) is 47.5 Å². The minimum atomic E-state index is -0.451. The van der Waals surface area contributed by atoms with Crippen molar-refractivity contribution in [2.45, 2.75) is 96.7 Å². The molecule has 254 valence electrons. The van der Waals surface area contributed by atoms with Crippen molar-refractivity contribution in [3.8, 4) is 5.75 Å². The fraction of sp³-hybridized carbons (Fsp3) is 0.556. The Kier molecular flexibility index (Phi) is 12.5. The number of rotatable bonds is 15. The van der Waals surface area contributed by atoms with Crippen LogP contribution in [0.2, 0.25) is 0 Å². The van der Waals surface area contributed by atoms with Gasteiger partial charge >= 0.3 is 11.9 Å². The number of nitrogens with one attached hydrogen (secondary N) is 1. The molecule has 2 unspecified atom stereocenters. The Morgan fingerprint density at radius 3 is 2.68 bits per heavy atom. The van der Waals surface area contributed by atoms with Crippen LogP contribution in [0.25, 0.3) is 0 Å². The first-order valence-corrected chi connectivity index (χ1v) is 17.2. The first-order valence-electron chi connectivity index (χ1n) is 17.2. The smallest absolute Gasteiger partial charge is 0.338 e. The molecular weight excluding hydrogens is 598 g/mol. The molecule has 0 aromatic heterocycles. The molecule has 11 nitrogen and oxygen atoms in total. The molecule has 3 aliphatic rings. The third kappa shape index (κ3) is 9.93. The van der Waals surface area contributed by atoms with Crippen molar-refractivity contribution in [2.24, 2.45) is 16.6 Å². The lowest BCUT2D eigenvalue weighted by atomic mass is 9.79. The molecule has 1 aliphatic carbocycles. The molecule has 47 heavy (non-hydrogen) atoms. The number of unbranched alkanes of at least 4 members (excludes halogenated alkanes) is 3. The van der Waals surface area contributed by atoms with Crippen molar-refractivity contribution in [3.63, 3.8) is 0 Å². The van der Waals surface area contributed by atoms with Crippen LogP contribution in [0, 0.1) is 5.92 Å². The molecule has 1 saturated heterocycles. The molecule has 2 fully saturated rings. The number of nitrogens with zero attached hydrogens (tertiary/aromatic N) is 3. The molecule has 2 aliphatic heterocycles. The second kappa shape index (κ2) is 17.2. The summed E-state index contributed by atoms with van der Waals surface area (Å²) in [6, 6.07) is 13.1. The van der Waals surface area contributed by atoms with Gasteiger partial charge in [-0.25, -0.2) is 14.8 Å². The number of piperidine rings is 1. The van der Waals surface area contributed by atoms with Gasteiger partial charge in [0, 0.05) is 31.6 Å². The van der Waals surface area contributed by atoms with Crippen LogP contribution < -0.4 is 15.9 Å². The Hall–Kier alpha value is -4.12. The fourth-order valence-electron chi connectivity index (χ4n) is 6.77. The van der Waals surface area contributed by atoms with E-state index in [1.54, 1.807) is 36.1 Å². The predicted octanol–water partition coefficient (Wildman–Crippen LogP) is 5.38. The van der Waals surface area contributed by atoms with E-state index in [-0.39, 0.29) is 31.6 Å². The van der Waals surface area contributed by atoms with Crippen molar-refractivity contribution in [3.05, 3.63) is 59.2 Å². The van der Waals surface area contributed by atoms with Gasteiger partial charge in [0.1, 0.15) is 18.9 Å². The number of hydrogen-bond acceptors (Lipinski definition) is 10. The SMILES string of the molecule is CCOC(=O)c1cccc(COC(=O)CN2Cc3ccc(OCCCCCCC(=O)NN4CCCC5CCCCC54)cc3N=C2N)c1. The van der Waals surface area contributed by atoms with Gasteiger partial charge < -0.3 is 24.8 Å². The minimum absolute atomic E-state index is 0.0308. The number of hydrazine groups is 1. The van der Waals surface area contributed by atoms with Crippen molar-refractivity contribution in [1.82, 2.24) is 15.3 Å². The number of hydrogen-bond donors (Lipinski definition) is 2. The quantitative estimate of drug-likeness (QED) is 0.193. The largest absolute Gasteiger partial charge is 0.494 e. The summed E-state index contributed by atoms with van der Waals surface area (Å²) >= 11 is 0. The average Bonchev–Trinajstić information content (AvgIpc) is 3.07. The lowest BCUT2D eigenvalue weighted by Crippen LogP contribution is -2.55. The van der Waals surface area contributed by atoms with E-state index < -0.39 is 11.9 Å². The Morgan fingerprint density at radius 2 is 1.81 bits per heavy atom. The Bertz CT molecular complexity index is 1410. The minimum Gasteiger partial charge on any atom is -0.494 e. The van der Waals surface area contributed by atoms with Gasteiger partial charge in [-0.2, -0.15) is 0 Å². The highest BCUT2D eigenvalue weighted by Crippen LogP contribution is 2.34. The first kappa shape index (κ1) is 34.2. The van der Waals surface area contributed by atoms with Crippen molar-refractivity contribution in [1.29, 1.82) is 0 Å². The van der Waals surface area contributed by atoms with E-state index in [0.29, 0.717) is 36.7 Å². The molecule has 2 heterocycles. The highest BCUT2D eigenvalue weighted by Gasteiger charge is 2.33. The number of fused-ring (bicyclic) bond motifs is 2. The number of ether oxygens (including phenoxy) is 3. The van der Waals surface area contributed by atoms with Gasteiger partial charge in [-0.3, -0.25) is 15.0 Å². The molecule has 1 saturated carbocycles. The maximum absolute atomic E-state index is 12.6. The molecule has 0 radical (unpaired) electrons. The van der Waals surface area contributed by atoms with Gasteiger partial charge in [0.05, 0.1) is 24.5 Å². The average molecular weight is 648 g/mol. The number of esters is 2. The summed E-state index contributed by atoms with van der Waals surface area (Å²) < 4.78 is 16.4. The van der Waals surface area contributed by atoms with Crippen LogP contribution in [0.1, 0.15) is 99.0 Å². The molecule has 2 atom stereocenters. The number of guanidine groups is 1. The molecule has 0 bridgehead atoms. The normalized spacial score (nSPS) is 19.2. The van der Waals surface area contributed by atoms with E-state index in [9.17, 15) is 14.4 Å². The molecule has 1 amide bonds. The summed E-state index contributed by atoms with van der Waals surface area (Å²) in [5, 5.41) is 2.24. The summed E-state index contributed by atoms with van der Waals surface area (Å²) in [7, 11) is 0. The Labute approximate surface area is 277 Å². The van der Waals surface area contributed by atoms with E-state index in [0.717, 1.165) is 55.1 Å². The standard InChI is InChI=1S/C36H49N5O6/c1-2-45-35(44)28-13-9-11-26(21-28)25-47-34(43)24-40-23-29-17-18-30(22-31(29)38-36(40)37)46-20-8-4-3-5-16-33(42)39-41-19-10-14-27-12-6-7-15-32(27)41/h9,11,13,17-18,21-22,27,32H,2-8,10,12,14-16,19-20,23-25H2,1H3,(H2,37,38)(H,39,42). The maximum Gasteiger partial charge on any atom is 0.338 e. The van der Waals surface area contributed by atoms with Gasteiger partial charge in [0.15, 0.2) is 5.96 Å². The highest BCUT2D eigenvalue weighted by atomic mass is 16.5. The second-order valence-corrected chi connectivity index (χ2v) is 12.7. The highest BCUT2D eigenvalue weighted by molar-refractivity contribution is 5.89. The summed E-state index contributed by atoms with van der Waals surface area (Å²) in [5.41, 5.74) is 12.2. The van der Waals surface area contributed by atoms with Gasteiger partial charge in [-0.1, -0.05) is 43.9 Å².